The molecule has 1 saturated carbocycles. The van der Waals surface area contributed by atoms with Crippen molar-refractivity contribution in [1.82, 2.24) is 15.0 Å². The summed E-state index contributed by atoms with van der Waals surface area (Å²) < 4.78 is 22.0. The van der Waals surface area contributed by atoms with Crippen LogP contribution in [0.5, 0.6) is 5.75 Å². The van der Waals surface area contributed by atoms with Crippen LogP contribution in [-0.2, 0) is 20.9 Å². The van der Waals surface area contributed by atoms with Crippen molar-refractivity contribution < 1.29 is 28.3 Å². The number of carbonyl (C=O) groups excluding carboxylic acids is 2. The molecule has 2 fully saturated rings. The Hall–Kier alpha value is -3.88. The summed E-state index contributed by atoms with van der Waals surface area (Å²) in [6.07, 6.45) is 0.293. The summed E-state index contributed by atoms with van der Waals surface area (Å²) >= 11 is 0. The van der Waals surface area contributed by atoms with Gasteiger partial charge in [0.1, 0.15) is 11.4 Å². The molecule has 5 rings (SSSR count). The van der Waals surface area contributed by atoms with Gasteiger partial charge in [-0.25, -0.2) is 4.79 Å². The van der Waals surface area contributed by atoms with Gasteiger partial charge in [-0.05, 0) is 44.9 Å². The zero-order valence-electron chi connectivity index (χ0n) is 21.5. The molecule has 0 radical (unpaired) electrons. The number of hydrogen-bond donors (Lipinski definition) is 0. The van der Waals surface area contributed by atoms with Gasteiger partial charge in [-0.2, -0.15) is 4.98 Å². The zero-order chi connectivity index (χ0) is 26.2. The third kappa shape index (κ3) is 5.16. The number of ether oxygens (including phenoxy) is 3. The van der Waals surface area contributed by atoms with Crippen LogP contribution in [0.3, 0.4) is 0 Å². The van der Waals surface area contributed by atoms with E-state index in [4.69, 9.17) is 18.7 Å². The van der Waals surface area contributed by atoms with E-state index < -0.39 is 5.60 Å². The molecule has 194 valence electrons. The SMILES string of the molecule is COC(=O)C1C[C@]12CN(C(=O)OC(C)(C)C)C[C@H]2c1cccc(OCc2nc(-c3ccccc3)no2)c1. The third-order valence-electron chi connectivity index (χ3n) is 6.96. The first-order valence-electron chi connectivity index (χ1n) is 12.3. The molecule has 0 N–H and O–H groups in total. The van der Waals surface area contributed by atoms with E-state index in [-0.39, 0.29) is 35.9 Å². The Morgan fingerprint density at radius 3 is 2.65 bits per heavy atom. The molecule has 9 heteroatoms. The number of methoxy groups -OCH3 is 1. The maximum absolute atomic E-state index is 12.9. The summed E-state index contributed by atoms with van der Waals surface area (Å²) in [4.78, 5) is 31.4. The lowest BCUT2D eigenvalue weighted by Crippen LogP contribution is -2.35. The van der Waals surface area contributed by atoms with E-state index in [2.05, 4.69) is 10.1 Å². The molecule has 1 aliphatic heterocycles. The van der Waals surface area contributed by atoms with Crippen molar-refractivity contribution in [3.63, 3.8) is 0 Å². The Kier molecular flexibility index (Phi) is 6.39. The van der Waals surface area contributed by atoms with Crippen LogP contribution in [0.1, 0.15) is 44.6 Å². The second kappa shape index (κ2) is 9.53. The molecule has 3 aromatic rings. The first-order chi connectivity index (χ1) is 17.7. The number of benzene rings is 2. The van der Waals surface area contributed by atoms with Crippen molar-refractivity contribution in [2.75, 3.05) is 20.2 Å². The lowest BCUT2D eigenvalue weighted by Gasteiger charge is -2.24. The highest BCUT2D eigenvalue weighted by molar-refractivity contribution is 5.78. The number of amides is 1. The topological polar surface area (TPSA) is 104 Å². The standard InChI is InChI=1S/C28H31N3O6/c1-27(2,3)36-26(33)31-15-22(28(17-31)14-21(28)25(32)34-4)19-11-8-12-20(13-19)35-16-23-29-24(30-37-23)18-9-6-5-7-10-18/h5-13,21-22H,14-17H2,1-4H3/t21?,22-,28-/m0/s1. The minimum Gasteiger partial charge on any atom is -0.484 e. The van der Waals surface area contributed by atoms with Crippen LogP contribution in [0.2, 0.25) is 0 Å². The summed E-state index contributed by atoms with van der Waals surface area (Å²) in [5, 5.41) is 4.03. The van der Waals surface area contributed by atoms with E-state index in [1.807, 2.05) is 75.4 Å². The second-order valence-corrected chi connectivity index (χ2v) is 10.7. The molecule has 1 amide bonds. The normalized spacial score (nSPS) is 22.6. The van der Waals surface area contributed by atoms with Gasteiger partial charge in [-0.15, -0.1) is 0 Å². The van der Waals surface area contributed by atoms with Crippen molar-refractivity contribution >= 4 is 12.1 Å². The molecular formula is C28H31N3O6. The Labute approximate surface area is 215 Å². The number of rotatable bonds is 6. The highest BCUT2D eigenvalue weighted by Crippen LogP contribution is 2.65. The van der Waals surface area contributed by atoms with E-state index >= 15 is 0 Å². The predicted molar refractivity (Wildman–Crippen MR) is 134 cm³/mol. The van der Waals surface area contributed by atoms with Crippen molar-refractivity contribution in [2.45, 2.75) is 45.3 Å². The second-order valence-electron chi connectivity index (χ2n) is 10.7. The molecule has 1 spiro atoms. The van der Waals surface area contributed by atoms with Crippen LogP contribution in [0, 0.1) is 11.3 Å². The van der Waals surface area contributed by atoms with E-state index in [0.29, 0.717) is 37.0 Å². The van der Waals surface area contributed by atoms with Gasteiger partial charge in [0, 0.05) is 30.0 Å². The first-order valence-corrected chi connectivity index (χ1v) is 12.3. The Bertz CT molecular complexity index is 1280. The monoisotopic (exact) mass is 505 g/mol. The summed E-state index contributed by atoms with van der Waals surface area (Å²) in [5.41, 5.74) is 0.881. The van der Waals surface area contributed by atoms with Crippen LogP contribution in [0.4, 0.5) is 4.79 Å². The molecule has 2 aromatic carbocycles. The van der Waals surface area contributed by atoms with Gasteiger partial charge in [0.15, 0.2) is 6.61 Å². The lowest BCUT2D eigenvalue weighted by atomic mass is 9.84. The highest BCUT2D eigenvalue weighted by atomic mass is 16.6. The van der Waals surface area contributed by atoms with E-state index in [1.165, 1.54) is 7.11 Å². The van der Waals surface area contributed by atoms with Gasteiger partial charge >= 0.3 is 12.1 Å². The molecule has 3 atom stereocenters. The Morgan fingerprint density at radius 1 is 1.14 bits per heavy atom. The summed E-state index contributed by atoms with van der Waals surface area (Å²) in [7, 11) is 1.40. The van der Waals surface area contributed by atoms with E-state index in [0.717, 1.165) is 11.1 Å². The van der Waals surface area contributed by atoms with E-state index in [9.17, 15) is 9.59 Å². The van der Waals surface area contributed by atoms with Crippen LogP contribution < -0.4 is 4.74 Å². The van der Waals surface area contributed by atoms with Gasteiger partial charge in [0.2, 0.25) is 5.82 Å². The number of carbonyl (C=O) groups is 2. The fourth-order valence-electron chi connectivity index (χ4n) is 5.16. The quantitative estimate of drug-likeness (QED) is 0.439. The van der Waals surface area contributed by atoms with Crippen LogP contribution >= 0.6 is 0 Å². The average Bonchev–Trinajstić information content (AvgIpc) is 3.21. The van der Waals surface area contributed by atoms with Crippen molar-refractivity contribution in [2.24, 2.45) is 11.3 Å². The van der Waals surface area contributed by atoms with Gasteiger partial charge < -0.3 is 23.6 Å². The maximum Gasteiger partial charge on any atom is 0.410 e. The molecule has 37 heavy (non-hydrogen) atoms. The number of hydrogen-bond acceptors (Lipinski definition) is 8. The van der Waals surface area contributed by atoms with Gasteiger partial charge in [-0.1, -0.05) is 47.6 Å². The lowest BCUT2D eigenvalue weighted by molar-refractivity contribution is -0.143. The Balaban J connectivity index is 1.32. The molecule has 1 aromatic heterocycles. The largest absolute Gasteiger partial charge is 0.484 e. The number of likely N-dealkylation sites (tertiary alicyclic amines) is 1. The van der Waals surface area contributed by atoms with Crippen molar-refractivity contribution in [3.05, 3.63) is 66.1 Å². The molecular weight excluding hydrogens is 474 g/mol. The molecule has 1 unspecified atom stereocenters. The van der Waals surface area contributed by atoms with Gasteiger partial charge in [-0.3, -0.25) is 4.79 Å². The Morgan fingerprint density at radius 2 is 1.92 bits per heavy atom. The molecule has 1 saturated heterocycles. The minimum absolute atomic E-state index is 0.0549. The van der Waals surface area contributed by atoms with Crippen LogP contribution in [-0.4, -0.2) is 52.9 Å². The number of nitrogens with zero attached hydrogens (tertiary/aromatic N) is 3. The van der Waals surface area contributed by atoms with Gasteiger partial charge in [0.25, 0.3) is 5.89 Å². The number of esters is 1. The van der Waals surface area contributed by atoms with E-state index in [1.54, 1.807) is 4.90 Å². The van der Waals surface area contributed by atoms with Crippen molar-refractivity contribution in [3.8, 4) is 17.1 Å². The first kappa shape index (κ1) is 24.8. The van der Waals surface area contributed by atoms with Crippen LogP contribution in [0.15, 0.2) is 59.1 Å². The molecule has 0 bridgehead atoms. The summed E-state index contributed by atoms with van der Waals surface area (Å²) in [6, 6.07) is 17.3. The molecule has 1 aliphatic carbocycles. The molecule has 9 nitrogen and oxygen atoms in total. The average molecular weight is 506 g/mol. The fraction of sp³-hybridized carbons (Fsp3) is 0.429. The maximum atomic E-state index is 12.9. The molecule has 2 aliphatic rings. The summed E-state index contributed by atoms with van der Waals surface area (Å²) in [5.74, 6) is 0.957. The molecule has 2 heterocycles. The smallest absolute Gasteiger partial charge is 0.410 e. The third-order valence-corrected chi connectivity index (χ3v) is 6.96. The highest BCUT2D eigenvalue weighted by Gasteiger charge is 2.67. The van der Waals surface area contributed by atoms with Crippen LogP contribution in [0.25, 0.3) is 11.4 Å². The minimum atomic E-state index is -0.601. The predicted octanol–water partition coefficient (Wildman–Crippen LogP) is 4.83. The zero-order valence-corrected chi connectivity index (χ0v) is 21.5. The van der Waals surface area contributed by atoms with Gasteiger partial charge in [0.05, 0.1) is 13.0 Å². The summed E-state index contributed by atoms with van der Waals surface area (Å²) in [6.45, 7) is 6.55. The number of aromatic nitrogens is 2. The fourth-order valence-corrected chi connectivity index (χ4v) is 5.16. The van der Waals surface area contributed by atoms with Crippen molar-refractivity contribution in [1.29, 1.82) is 0 Å².